The molecule has 0 aromatic heterocycles. The van der Waals surface area contributed by atoms with Crippen molar-refractivity contribution < 1.29 is 19.4 Å². The van der Waals surface area contributed by atoms with Gasteiger partial charge in [0, 0.05) is 20.2 Å². The molecule has 0 aliphatic rings. The van der Waals surface area contributed by atoms with Gasteiger partial charge >= 0.3 is 12.0 Å². The van der Waals surface area contributed by atoms with Crippen LogP contribution in [0.4, 0.5) is 4.79 Å². The molecule has 16 heavy (non-hydrogen) atoms. The van der Waals surface area contributed by atoms with Crippen LogP contribution in [0.5, 0.6) is 0 Å². The maximum absolute atomic E-state index is 11.3. The Morgan fingerprint density at radius 1 is 1.44 bits per heavy atom. The standard InChI is InChI=1S/C10H20N2O4/c1-8(2)7-16-5-4-11-10(15)12(3)6-9(13)14/h8H,4-7H2,1-3H3,(H,11,15)(H,13,14). The molecule has 0 aliphatic carbocycles. The zero-order valence-electron chi connectivity index (χ0n) is 10.0. The molecule has 0 aromatic carbocycles. The van der Waals surface area contributed by atoms with E-state index >= 15 is 0 Å². The monoisotopic (exact) mass is 232 g/mol. The van der Waals surface area contributed by atoms with Gasteiger partial charge in [0.2, 0.25) is 0 Å². The number of urea groups is 1. The van der Waals surface area contributed by atoms with E-state index in [1.165, 1.54) is 7.05 Å². The average Bonchev–Trinajstić information content (AvgIpc) is 2.15. The van der Waals surface area contributed by atoms with Crippen molar-refractivity contribution in [1.29, 1.82) is 0 Å². The number of rotatable bonds is 7. The highest BCUT2D eigenvalue weighted by Crippen LogP contribution is 1.91. The predicted octanol–water partition coefficient (Wildman–Crippen LogP) is 0.385. The van der Waals surface area contributed by atoms with Crippen LogP contribution in [0.1, 0.15) is 13.8 Å². The smallest absolute Gasteiger partial charge is 0.323 e. The molecule has 0 unspecified atom stereocenters. The molecule has 0 fully saturated rings. The van der Waals surface area contributed by atoms with Crippen molar-refractivity contribution in [3.63, 3.8) is 0 Å². The SMILES string of the molecule is CC(C)COCCNC(=O)N(C)CC(=O)O. The number of carboxylic acids is 1. The number of nitrogens with zero attached hydrogens (tertiary/aromatic N) is 1. The lowest BCUT2D eigenvalue weighted by Gasteiger charge is -2.15. The van der Waals surface area contributed by atoms with Crippen LogP contribution in [0.3, 0.4) is 0 Å². The molecule has 6 heteroatoms. The van der Waals surface area contributed by atoms with E-state index in [0.29, 0.717) is 25.7 Å². The Balaban J connectivity index is 3.53. The van der Waals surface area contributed by atoms with E-state index < -0.39 is 12.0 Å². The summed E-state index contributed by atoms with van der Waals surface area (Å²) in [6.45, 7) is 5.25. The average molecular weight is 232 g/mol. The highest BCUT2D eigenvalue weighted by molar-refractivity contribution is 5.79. The van der Waals surface area contributed by atoms with Crippen LogP contribution in [0.25, 0.3) is 0 Å². The Morgan fingerprint density at radius 3 is 2.56 bits per heavy atom. The van der Waals surface area contributed by atoms with Crippen molar-refractivity contribution in [1.82, 2.24) is 10.2 Å². The predicted molar refractivity (Wildman–Crippen MR) is 59.3 cm³/mol. The molecule has 2 N–H and O–H groups in total. The van der Waals surface area contributed by atoms with E-state index in [2.05, 4.69) is 5.32 Å². The molecule has 0 aliphatic heterocycles. The number of carboxylic acid groups (broad SMARTS) is 1. The van der Waals surface area contributed by atoms with Gasteiger partial charge < -0.3 is 20.1 Å². The van der Waals surface area contributed by atoms with E-state index in [0.717, 1.165) is 4.90 Å². The topological polar surface area (TPSA) is 78.9 Å². The summed E-state index contributed by atoms with van der Waals surface area (Å²) in [4.78, 5) is 22.7. The second kappa shape index (κ2) is 7.92. The molecule has 0 aromatic rings. The third-order valence-corrected chi connectivity index (χ3v) is 1.69. The molecule has 0 radical (unpaired) electrons. The Kier molecular flexibility index (Phi) is 7.28. The molecule has 94 valence electrons. The first-order chi connectivity index (χ1) is 7.43. The summed E-state index contributed by atoms with van der Waals surface area (Å²) in [6.07, 6.45) is 0. The number of ether oxygens (including phenoxy) is 1. The highest BCUT2D eigenvalue weighted by Gasteiger charge is 2.10. The van der Waals surface area contributed by atoms with Gasteiger partial charge in [0.15, 0.2) is 0 Å². The number of carbonyl (C=O) groups is 2. The fourth-order valence-electron chi connectivity index (χ4n) is 0.959. The normalized spacial score (nSPS) is 10.2. The lowest BCUT2D eigenvalue weighted by atomic mass is 10.2. The Hall–Kier alpha value is -1.30. The Morgan fingerprint density at radius 2 is 2.06 bits per heavy atom. The highest BCUT2D eigenvalue weighted by atomic mass is 16.5. The van der Waals surface area contributed by atoms with Gasteiger partial charge in [0.25, 0.3) is 0 Å². The van der Waals surface area contributed by atoms with Gasteiger partial charge in [-0.05, 0) is 5.92 Å². The molecule has 0 saturated heterocycles. The zero-order chi connectivity index (χ0) is 12.6. The first kappa shape index (κ1) is 14.7. The molecule has 6 nitrogen and oxygen atoms in total. The van der Waals surface area contributed by atoms with Gasteiger partial charge in [-0.25, -0.2) is 4.79 Å². The number of carbonyl (C=O) groups excluding carboxylic acids is 1. The first-order valence-corrected chi connectivity index (χ1v) is 5.22. The number of nitrogens with one attached hydrogen (secondary N) is 1. The van der Waals surface area contributed by atoms with E-state index in [4.69, 9.17) is 9.84 Å². The minimum absolute atomic E-state index is 0.307. The largest absolute Gasteiger partial charge is 0.480 e. The fraction of sp³-hybridized carbons (Fsp3) is 0.800. The van der Waals surface area contributed by atoms with Gasteiger partial charge in [-0.1, -0.05) is 13.8 Å². The lowest BCUT2D eigenvalue weighted by Crippen LogP contribution is -2.41. The van der Waals surface area contributed by atoms with Gasteiger partial charge in [-0.15, -0.1) is 0 Å². The number of hydrogen-bond donors (Lipinski definition) is 2. The number of amides is 2. The van der Waals surface area contributed by atoms with Gasteiger partial charge in [0.1, 0.15) is 6.54 Å². The van der Waals surface area contributed by atoms with Crippen molar-refractivity contribution in [3.05, 3.63) is 0 Å². The van der Waals surface area contributed by atoms with Gasteiger partial charge in [-0.2, -0.15) is 0 Å². The summed E-state index contributed by atoms with van der Waals surface area (Å²) < 4.78 is 5.26. The molecule has 0 heterocycles. The zero-order valence-corrected chi connectivity index (χ0v) is 10.0. The molecule has 0 spiro atoms. The number of hydrogen-bond acceptors (Lipinski definition) is 3. The number of aliphatic carboxylic acids is 1. The first-order valence-electron chi connectivity index (χ1n) is 5.22. The lowest BCUT2D eigenvalue weighted by molar-refractivity contribution is -0.137. The summed E-state index contributed by atoms with van der Waals surface area (Å²) in [5.74, 6) is -0.570. The van der Waals surface area contributed by atoms with Crippen molar-refractivity contribution in [2.24, 2.45) is 5.92 Å². The summed E-state index contributed by atoms with van der Waals surface area (Å²) in [5, 5.41) is 11.0. The maximum Gasteiger partial charge on any atom is 0.323 e. The molecule has 0 saturated carbocycles. The van der Waals surface area contributed by atoms with E-state index in [-0.39, 0.29) is 6.54 Å². The molecular formula is C10H20N2O4. The van der Waals surface area contributed by atoms with Crippen LogP contribution in [0, 0.1) is 5.92 Å². The second-order valence-corrected chi connectivity index (χ2v) is 3.95. The molecule has 2 amide bonds. The van der Waals surface area contributed by atoms with Crippen molar-refractivity contribution in [3.8, 4) is 0 Å². The third-order valence-electron chi connectivity index (χ3n) is 1.69. The van der Waals surface area contributed by atoms with Crippen LogP contribution >= 0.6 is 0 Å². The third kappa shape index (κ3) is 8.05. The van der Waals surface area contributed by atoms with Gasteiger partial charge in [0.05, 0.1) is 6.61 Å². The fourth-order valence-corrected chi connectivity index (χ4v) is 0.959. The molecule has 0 bridgehead atoms. The molecule has 0 rings (SSSR count). The van der Waals surface area contributed by atoms with Gasteiger partial charge in [-0.3, -0.25) is 4.79 Å². The van der Waals surface area contributed by atoms with Crippen molar-refractivity contribution >= 4 is 12.0 Å². The Bertz CT molecular complexity index is 231. The minimum atomic E-state index is -1.03. The van der Waals surface area contributed by atoms with E-state index in [9.17, 15) is 9.59 Å². The molecular weight excluding hydrogens is 212 g/mol. The van der Waals surface area contributed by atoms with Crippen LogP contribution in [-0.4, -0.2) is 55.4 Å². The van der Waals surface area contributed by atoms with Crippen LogP contribution in [0.15, 0.2) is 0 Å². The summed E-state index contributed by atoms with van der Waals surface area (Å²) >= 11 is 0. The Labute approximate surface area is 95.6 Å². The van der Waals surface area contributed by atoms with E-state index in [1.54, 1.807) is 0 Å². The quantitative estimate of drug-likeness (QED) is 0.622. The van der Waals surface area contributed by atoms with E-state index in [1.807, 2.05) is 13.8 Å². The van der Waals surface area contributed by atoms with Crippen LogP contribution in [-0.2, 0) is 9.53 Å². The maximum atomic E-state index is 11.3. The summed E-state index contributed by atoms with van der Waals surface area (Å²) in [5.41, 5.74) is 0. The number of likely N-dealkylation sites (N-methyl/N-ethyl adjacent to an activating group) is 1. The summed E-state index contributed by atoms with van der Waals surface area (Å²) in [6, 6.07) is -0.407. The second-order valence-electron chi connectivity index (χ2n) is 3.95. The minimum Gasteiger partial charge on any atom is -0.480 e. The summed E-state index contributed by atoms with van der Waals surface area (Å²) in [7, 11) is 1.43. The molecule has 0 atom stereocenters. The van der Waals surface area contributed by atoms with Crippen molar-refractivity contribution in [2.45, 2.75) is 13.8 Å². The van der Waals surface area contributed by atoms with Crippen LogP contribution < -0.4 is 5.32 Å². The van der Waals surface area contributed by atoms with Crippen LogP contribution in [0.2, 0.25) is 0 Å². The van der Waals surface area contributed by atoms with Crippen molar-refractivity contribution in [2.75, 3.05) is 33.4 Å².